The molecule has 0 aliphatic carbocycles. The number of hydrogen-bond acceptors (Lipinski definition) is 5. The van der Waals surface area contributed by atoms with Crippen LogP contribution in [0.5, 0.6) is 0 Å². The first kappa shape index (κ1) is 16.8. The third kappa shape index (κ3) is 2.79. The van der Waals surface area contributed by atoms with E-state index >= 15 is 0 Å². The van der Waals surface area contributed by atoms with Gasteiger partial charge in [-0.2, -0.15) is 9.61 Å². The molecule has 0 radical (unpaired) electrons. The van der Waals surface area contributed by atoms with Gasteiger partial charge in [-0.1, -0.05) is 24.3 Å². The number of benzene rings is 1. The Labute approximate surface area is 162 Å². The normalized spacial score (nSPS) is 15.4. The van der Waals surface area contributed by atoms with Crippen LogP contribution < -0.4 is 0 Å². The quantitative estimate of drug-likeness (QED) is 0.541. The Bertz CT molecular complexity index is 1170. The van der Waals surface area contributed by atoms with Crippen molar-refractivity contribution >= 4 is 22.3 Å². The average molecular weight is 372 g/mol. The number of pyridine rings is 1. The molecule has 4 heterocycles. The van der Waals surface area contributed by atoms with Crippen molar-refractivity contribution in [2.75, 3.05) is 13.1 Å². The van der Waals surface area contributed by atoms with E-state index in [1.54, 1.807) is 6.20 Å². The smallest absolute Gasteiger partial charge is 0.273 e. The first-order valence-electron chi connectivity index (χ1n) is 9.53. The molecule has 7 heteroatoms. The van der Waals surface area contributed by atoms with Gasteiger partial charge in [0, 0.05) is 30.6 Å². The maximum atomic E-state index is 13.1. The van der Waals surface area contributed by atoms with Crippen LogP contribution in [0.2, 0.25) is 0 Å². The number of fused-ring (bicyclic) bond motifs is 2. The second kappa shape index (κ2) is 6.67. The van der Waals surface area contributed by atoms with Gasteiger partial charge >= 0.3 is 0 Å². The maximum absolute atomic E-state index is 13.1. The van der Waals surface area contributed by atoms with Crippen molar-refractivity contribution in [3.05, 3.63) is 65.9 Å². The van der Waals surface area contributed by atoms with E-state index in [0.29, 0.717) is 18.8 Å². The van der Waals surface area contributed by atoms with Gasteiger partial charge in [-0.25, -0.2) is 0 Å². The van der Waals surface area contributed by atoms with Gasteiger partial charge in [0.2, 0.25) is 0 Å². The molecule has 0 unspecified atom stereocenters. The van der Waals surface area contributed by atoms with E-state index in [0.717, 1.165) is 40.8 Å². The van der Waals surface area contributed by atoms with E-state index in [2.05, 4.69) is 20.3 Å². The highest BCUT2D eigenvalue weighted by atomic mass is 16.2. The third-order valence-corrected chi connectivity index (χ3v) is 5.44. The number of carbonyl (C=O) groups is 1. The van der Waals surface area contributed by atoms with Crippen molar-refractivity contribution in [1.29, 1.82) is 0 Å². The number of likely N-dealkylation sites (tertiary alicyclic amines) is 1. The molecule has 1 aliphatic rings. The zero-order chi connectivity index (χ0) is 19.1. The fourth-order valence-corrected chi connectivity index (χ4v) is 3.93. The van der Waals surface area contributed by atoms with Gasteiger partial charge < -0.3 is 4.90 Å². The van der Waals surface area contributed by atoms with Crippen molar-refractivity contribution in [2.45, 2.75) is 25.7 Å². The second-order valence-corrected chi connectivity index (χ2v) is 7.25. The lowest BCUT2D eigenvalue weighted by atomic mass is 9.95. The van der Waals surface area contributed by atoms with Crippen LogP contribution >= 0.6 is 0 Å². The van der Waals surface area contributed by atoms with E-state index in [1.807, 2.05) is 58.8 Å². The van der Waals surface area contributed by atoms with Gasteiger partial charge in [0.15, 0.2) is 11.5 Å². The summed E-state index contributed by atoms with van der Waals surface area (Å²) in [4.78, 5) is 19.4. The molecule has 4 aromatic rings. The SMILES string of the molecule is Cc1ccc2nnc(C3CCN(C(=O)c4nccc5ccccc45)CC3)n2n1. The minimum Gasteiger partial charge on any atom is -0.337 e. The summed E-state index contributed by atoms with van der Waals surface area (Å²) in [5.74, 6) is 1.12. The molecule has 0 atom stereocenters. The number of nitrogens with zero attached hydrogens (tertiary/aromatic N) is 6. The number of carbonyl (C=O) groups excluding carboxylic acids is 1. The Hall–Kier alpha value is -3.35. The third-order valence-electron chi connectivity index (χ3n) is 5.44. The molecule has 140 valence electrons. The van der Waals surface area contributed by atoms with Gasteiger partial charge in [0.25, 0.3) is 5.91 Å². The maximum Gasteiger partial charge on any atom is 0.273 e. The summed E-state index contributed by atoms with van der Waals surface area (Å²) in [6.07, 6.45) is 3.39. The van der Waals surface area contributed by atoms with Crippen LogP contribution in [0.4, 0.5) is 0 Å². The van der Waals surface area contributed by atoms with Crippen LogP contribution in [0.25, 0.3) is 16.4 Å². The molecule has 1 aromatic carbocycles. The van der Waals surface area contributed by atoms with Crippen LogP contribution in [-0.2, 0) is 0 Å². The number of piperidine rings is 1. The molecule has 28 heavy (non-hydrogen) atoms. The number of hydrogen-bond donors (Lipinski definition) is 0. The first-order valence-corrected chi connectivity index (χ1v) is 9.53. The van der Waals surface area contributed by atoms with Crippen molar-refractivity contribution in [3.63, 3.8) is 0 Å². The minimum absolute atomic E-state index is 0.00433. The monoisotopic (exact) mass is 372 g/mol. The van der Waals surface area contributed by atoms with Crippen molar-refractivity contribution in [2.24, 2.45) is 0 Å². The van der Waals surface area contributed by atoms with Crippen molar-refractivity contribution < 1.29 is 4.79 Å². The lowest BCUT2D eigenvalue weighted by Crippen LogP contribution is -2.38. The van der Waals surface area contributed by atoms with Crippen molar-refractivity contribution in [3.8, 4) is 0 Å². The van der Waals surface area contributed by atoms with Gasteiger partial charge in [0.1, 0.15) is 5.69 Å². The number of aromatic nitrogens is 5. The van der Waals surface area contributed by atoms with Crippen molar-refractivity contribution in [1.82, 2.24) is 29.7 Å². The van der Waals surface area contributed by atoms with Crippen LogP contribution in [0.1, 0.15) is 40.8 Å². The van der Waals surface area contributed by atoms with Crippen LogP contribution in [0.3, 0.4) is 0 Å². The molecule has 1 saturated heterocycles. The average Bonchev–Trinajstić information content (AvgIpc) is 3.16. The predicted molar refractivity (Wildman–Crippen MR) is 105 cm³/mol. The van der Waals surface area contributed by atoms with E-state index < -0.39 is 0 Å². The molecule has 1 fully saturated rings. The Balaban J connectivity index is 1.36. The van der Waals surface area contributed by atoms with E-state index in [1.165, 1.54) is 0 Å². The Morgan fingerprint density at radius 2 is 1.86 bits per heavy atom. The number of amides is 1. The first-order chi connectivity index (χ1) is 13.7. The van der Waals surface area contributed by atoms with Gasteiger partial charge in [-0.15, -0.1) is 10.2 Å². The zero-order valence-electron chi connectivity index (χ0n) is 15.6. The lowest BCUT2D eigenvalue weighted by molar-refractivity contribution is 0.0707. The number of aryl methyl sites for hydroxylation is 1. The zero-order valence-corrected chi connectivity index (χ0v) is 15.6. The standard InChI is InChI=1S/C21H20N6O/c1-14-6-7-18-23-24-20(27(18)25-14)16-9-12-26(13-10-16)21(28)19-17-5-3-2-4-15(17)8-11-22-19/h2-8,11,16H,9-10,12-13H2,1H3. The fourth-order valence-electron chi connectivity index (χ4n) is 3.93. The topological polar surface area (TPSA) is 76.3 Å². The van der Waals surface area contributed by atoms with Crippen LogP contribution in [-0.4, -0.2) is 48.7 Å². The highest BCUT2D eigenvalue weighted by Gasteiger charge is 2.29. The summed E-state index contributed by atoms with van der Waals surface area (Å²) in [6.45, 7) is 3.31. The Kier molecular flexibility index (Phi) is 4.00. The summed E-state index contributed by atoms with van der Waals surface area (Å²) in [5.41, 5.74) is 2.23. The van der Waals surface area contributed by atoms with Crippen LogP contribution in [0.15, 0.2) is 48.7 Å². The van der Waals surface area contributed by atoms with E-state index in [9.17, 15) is 4.79 Å². The molecular weight excluding hydrogens is 352 g/mol. The molecule has 1 aliphatic heterocycles. The summed E-state index contributed by atoms with van der Waals surface area (Å²) in [5, 5.41) is 15.1. The molecule has 0 N–H and O–H groups in total. The molecule has 3 aromatic heterocycles. The Morgan fingerprint density at radius 1 is 1.04 bits per heavy atom. The fraction of sp³-hybridized carbons (Fsp3) is 0.286. The minimum atomic E-state index is -0.00433. The summed E-state index contributed by atoms with van der Waals surface area (Å²) in [7, 11) is 0. The molecule has 0 bridgehead atoms. The molecular formula is C21H20N6O. The predicted octanol–water partition coefficient (Wildman–Crippen LogP) is 3.00. The van der Waals surface area contributed by atoms with Gasteiger partial charge in [0.05, 0.1) is 5.69 Å². The molecule has 7 nitrogen and oxygen atoms in total. The molecule has 0 spiro atoms. The van der Waals surface area contributed by atoms with E-state index in [4.69, 9.17) is 0 Å². The molecule has 1 amide bonds. The molecule has 5 rings (SSSR count). The second-order valence-electron chi connectivity index (χ2n) is 7.25. The van der Waals surface area contributed by atoms with Gasteiger partial charge in [-0.3, -0.25) is 9.78 Å². The molecule has 0 saturated carbocycles. The highest BCUT2D eigenvalue weighted by Crippen LogP contribution is 2.28. The number of rotatable bonds is 2. The summed E-state index contributed by atoms with van der Waals surface area (Å²) >= 11 is 0. The van der Waals surface area contributed by atoms with Crippen LogP contribution in [0, 0.1) is 6.92 Å². The summed E-state index contributed by atoms with van der Waals surface area (Å²) in [6, 6.07) is 13.7. The lowest BCUT2D eigenvalue weighted by Gasteiger charge is -2.31. The van der Waals surface area contributed by atoms with Gasteiger partial charge in [-0.05, 0) is 43.4 Å². The van der Waals surface area contributed by atoms with E-state index in [-0.39, 0.29) is 11.8 Å². The Morgan fingerprint density at radius 3 is 2.71 bits per heavy atom. The largest absolute Gasteiger partial charge is 0.337 e. The highest BCUT2D eigenvalue weighted by molar-refractivity contribution is 6.05. The summed E-state index contributed by atoms with van der Waals surface area (Å²) < 4.78 is 1.84.